The Kier molecular flexibility index (Phi) is 4.59. The van der Waals surface area contributed by atoms with Crippen molar-refractivity contribution >= 4 is 5.78 Å². The molecule has 0 spiro atoms. The Morgan fingerprint density at radius 3 is 2.74 bits per heavy atom. The first-order chi connectivity index (χ1) is 9.13. The summed E-state index contributed by atoms with van der Waals surface area (Å²) in [4.78, 5) is 12.3. The van der Waals surface area contributed by atoms with Crippen LogP contribution in [-0.2, 0) is 0 Å². The molecule has 1 aromatic rings. The summed E-state index contributed by atoms with van der Waals surface area (Å²) in [5.74, 6) is 0.883. The highest BCUT2D eigenvalue weighted by Crippen LogP contribution is 2.30. The van der Waals surface area contributed by atoms with Gasteiger partial charge in [-0.2, -0.15) is 0 Å². The first kappa shape index (κ1) is 14.1. The molecular formula is C16H23NO2. The number of carbonyl (C=O) groups excluding carboxylic acids is 1. The van der Waals surface area contributed by atoms with E-state index in [2.05, 4.69) is 0 Å². The van der Waals surface area contributed by atoms with Gasteiger partial charge in [-0.15, -0.1) is 0 Å². The fourth-order valence-corrected chi connectivity index (χ4v) is 2.78. The Balaban J connectivity index is 2.04. The molecule has 0 amide bonds. The molecule has 0 aromatic heterocycles. The van der Waals surface area contributed by atoms with Crippen LogP contribution in [0, 0.1) is 0 Å². The number of hydrogen-bond donors (Lipinski definition) is 1. The fourth-order valence-electron chi connectivity index (χ4n) is 2.78. The van der Waals surface area contributed by atoms with Gasteiger partial charge in [0.25, 0.3) is 0 Å². The first-order valence-electron chi connectivity index (χ1n) is 7.18. The summed E-state index contributed by atoms with van der Waals surface area (Å²) < 4.78 is 5.43. The second-order valence-corrected chi connectivity index (χ2v) is 5.48. The number of ketones is 1. The van der Waals surface area contributed by atoms with Crippen molar-refractivity contribution in [3.05, 3.63) is 29.8 Å². The molecule has 0 heterocycles. The number of benzene rings is 1. The highest BCUT2D eigenvalue weighted by Gasteiger charge is 2.30. The number of Topliss-reactive ketones (excluding diaryl/α,β-unsaturated/α-hetero) is 1. The standard InChI is InChI=1S/C16H23NO2/c1-2-19-14-8-6-7-13(11-14)15(18)12-16(17)9-4-3-5-10-16/h6-8,11H,2-5,9-10,12,17H2,1H3. The van der Waals surface area contributed by atoms with Crippen LogP contribution in [0.25, 0.3) is 0 Å². The molecule has 1 aromatic carbocycles. The molecule has 1 aliphatic rings. The molecule has 2 rings (SSSR count). The molecule has 0 aliphatic heterocycles. The second-order valence-electron chi connectivity index (χ2n) is 5.48. The van der Waals surface area contributed by atoms with Crippen molar-refractivity contribution in [2.75, 3.05) is 6.61 Å². The van der Waals surface area contributed by atoms with Crippen LogP contribution in [0.15, 0.2) is 24.3 Å². The lowest BCUT2D eigenvalue weighted by Gasteiger charge is -2.32. The minimum absolute atomic E-state index is 0.131. The average molecular weight is 261 g/mol. The molecule has 3 nitrogen and oxygen atoms in total. The molecule has 104 valence electrons. The second kappa shape index (κ2) is 6.20. The van der Waals surface area contributed by atoms with Gasteiger partial charge >= 0.3 is 0 Å². The van der Waals surface area contributed by atoms with Crippen LogP contribution in [-0.4, -0.2) is 17.9 Å². The summed E-state index contributed by atoms with van der Waals surface area (Å²) in [7, 11) is 0. The quantitative estimate of drug-likeness (QED) is 0.827. The molecule has 0 saturated heterocycles. The van der Waals surface area contributed by atoms with E-state index in [0.717, 1.165) is 31.4 Å². The molecule has 19 heavy (non-hydrogen) atoms. The minimum atomic E-state index is -0.295. The SMILES string of the molecule is CCOc1cccc(C(=O)CC2(N)CCCCC2)c1. The number of carbonyl (C=O) groups is 1. The maximum absolute atomic E-state index is 12.3. The van der Waals surface area contributed by atoms with Gasteiger partial charge in [0.15, 0.2) is 5.78 Å². The normalized spacial score (nSPS) is 18.0. The van der Waals surface area contributed by atoms with E-state index >= 15 is 0 Å². The maximum Gasteiger partial charge on any atom is 0.164 e. The predicted molar refractivity (Wildman–Crippen MR) is 76.6 cm³/mol. The van der Waals surface area contributed by atoms with Crippen LogP contribution in [0.3, 0.4) is 0 Å². The Hall–Kier alpha value is -1.35. The Morgan fingerprint density at radius 1 is 1.32 bits per heavy atom. The highest BCUT2D eigenvalue weighted by atomic mass is 16.5. The number of nitrogens with two attached hydrogens (primary N) is 1. The third kappa shape index (κ3) is 3.80. The third-order valence-corrected chi connectivity index (χ3v) is 3.83. The van der Waals surface area contributed by atoms with Crippen molar-refractivity contribution in [1.82, 2.24) is 0 Å². The molecule has 1 aliphatic carbocycles. The Bertz CT molecular complexity index is 436. The van der Waals surface area contributed by atoms with E-state index in [1.54, 1.807) is 0 Å². The minimum Gasteiger partial charge on any atom is -0.494 e. The molecular weight excluding hydrogens is 238 g/mol. The summed E-state index contributed by atoms with van der Waals surface area (Å²) in [6.07, 6.45) is 5.90. The van der Waals surface area contributed by atoms with E-state index in [1.165, 1.54) is 6.42 Å². The summed E-state index contributed by atoms with van der Waals surface area (Å²) in [6, 6.07) is 7.40. The van der Waals surface area contributed by atoms with E-state index in [0.29, 0.717) is 18.6 Å². The number of ether oxygens (including phenoxy) is 1. The third-order valence-electron chi connectivity index (χ3n) is 3.83. The number of hydrogen-bond acceptors (Lipinski definition) is 3. The van der Waals surface area contributed by atoms with Crippen molar-refractivity contribution in [2.24, 2.45) is 5.73 Å². The largest absolute Gasteiger partial charge is 0.494 e. The van der Waals surface area contributed by atoms with Crippen LogP contribution in [0.5, 0.6) is 5.75 Å². The van der Waals surface area contributed by atoms with E-state index in [1.807, 2.05) is 31.2 Å². The van der Waals surface area contributed by atoms with Crippen molar-refractivity contribution in [3.63, 3.8) is 0 Å². The van der Waals surface area contributed by atoms with E-state index < -0.39 is 0 Å². The topological polar surface area (TPSA) is 52.3 Å². The first-order valence-corrected chi connectivity index (χ1v) is 7.18. The van der Waals surface area contributed by atoms with Gasteiger partial charge in [0.05, 0.1) is 6.61 Å². The summed E-state index contributed by atoms with van der Waals surface area (Å²) >= 11 is 0. The maximum atomic E-state index is 12.3. The molecule has 0 atom stereocenters. The summed E-state index contributed by atoms with van der Waals surface area (Å²) in [6.45, 7) is 2.55. The molecule has 0 radical (unpaired) electrons. The van der Waals surface area contributed by atoms with Crippen LogP contribution in [0.4, 0.5) is 0 Å². The molecule has 1 saturated carbocycles. The zero-order valence-electron chi connectivity index (χ0n) is 11.7. The number of rotatable bonds is 5. The molecule has 0 unspecified atom stereocenters. The molecule has 3 heteroatoms. The van der Waals surface area contributed by atoms with Crippen molar-refractivity contribution in [2.45, 2.75) is 51.0 Å². The lowest BCUT2D eigenvalue weighted by molar-refractivity contribution is 0.0934. The lowest BCUT2D eigenvalue weighted by Crippen LogP contribution is -2.43. The molecule has 1 fully saturated rings. The summed E-state index contributed by atoms with van der Waals surface area (Å²) in [5.41, 5.74) is 6.76. The van der Waals surface area contributed by atoms with E-state index in [-0.39, 0.29) is 11.3 Å². The zero-order chi connectivity index (χ0) is 13.7. The van der Waals surface area contributed by atoms with Crippen LogP contribution in [0.1, 0.15) is 55.8 Å². The zero-order valence-corrected chi connectivity index (χ0v) is 11.7. The smallest absolute Gasteiger partial charge is 0.164 e. The average Bonchev–Trinajstić information content (AvgIpc) is 2.40. The van der Waals surface area contributed by atoms with Gasteiger partial charge in [0.2, 0.25) is 0 Å². The van der Waals surface area contributed by atoms with Gasteiger partial charge in [-0.25, -0.2) is 0 Å². The molecule has 2 N–H and O–H groups in total. The fraction of sp³-hybridized carbons (Fsp3) is 0.562. The van der Waals surface area contributed by atoms with Crippen LogP contribution >= 0.6 is 0 Å². The van der Waals surface area contributed by atoms with Gasteiger partial charge in [-0.3, -0.25) is 4.79 Å². The van der Waals surface area contributed by atoms with Crippen LogP contribution in [0.2, 0.25) is 0 Å². The predicted octanol–water partition coefficient (Wildman–Crippen LogP) is 3.32. The van der Waals surface area contributed by atoms with Crippen molar-refractivity contribution in [3.8, 4) is 5.75 Å². The van der Waals surface area contributed by atoms with Gasteiger partial charge in [-0.1, -0.05) is 31.4 Å². The Morgan fingerprint density at radius 2 is 2.05 bits per heavy atom. The lowest BCUT2D eigenvalue weighted by atomic mass is 9.78. The van der Waals surface area contributed by atoms with Crippen molar-refractivity contribution in [1.29, 1.82) is 0 Å². The van der Waals surface area contributed by atoms with Crippen LogP contribution < -0.4 is 10.5 Å². The Labute approximate surface area is 115 Å². The van der Waals surface area contributed by atoms with E-state index in [9.17, 15) is 4.79 Å². The van der Waals surface area contributed by atoms with Gasteiger partial charge in [0, 0.05) is 17.5 Å². The van der Waals surface area contributed by atoms with Gasteiger partial charge in [0.1, 0.15) is 5.75 Å². The van der Waals surface area contributed by atoms with Gasteiger partial charge in [-0.05, 0) is 31.9 Å². The highest BCUT2D eigenvalue weighted by molar-refractivity contribution is 5.97. The monoisotopic (exact) mass is 261 g/mol. The van der Waals surface area contributed by atoms with E-state index in [4.69, 9.17) is 10.5 Å². The molecule has 0 bridgehead atoms. The van der Waals surface area contributed by atoms with Crippen molar-refractivity contribution < 1.29 is 9.53 Å². The van der Waals surface area contributed by atoms with Gasteiger partial charge < -0.3 is 10.5 Å². The summed E-state index contributed by atoms with van der Waals surface area (Å²) in [5, 5.41) is 0.